The third-order valence-corrected chi connectivity index (χ3v) is 2.30. The van der Waals surface area contributed by atoms with Crippen molar-refractivity contribution in [2.24, 2.45) is 0 Å². The molecule has 0 saturated carbocycles. The van der Waals surface area contributed by atoms with Crippen LogP contribution in [0.25, 0.3) is 0 Å². The minimum absolute atomic E-state index is 0.244. The van der Waals surface area contributed by atoms with Gasteiger partial charge in [-0.1, -0.05) is 11.2 Å². The zero-order valence-electron chi connectivity index (χ0n) is 10.1. The van der Waals surface area contributed by atoms with Crippen molar-refractivity contribution in [3.8, 4) is 0 Å². The monoisotopic (exact) mass is 253 g/mol. The quantitative estimate of drug-likeness (QED) is 0.784. The molecule has 0 bridgehead atoms. The van der Waals surface area contributed by atoms with Crippen LogP contribution < -0.4 is 5.43 Å². The fourth-order valence-electron chi connectivity index (χ4n) is 1.45. The Hall–Kier alpha value is -1.70. The van der Waals surface area contributed by atoms with Crippen molar-refractivity contribution in [1.82, 2.24) is 10.2 Å². The minimum atomic E-state index is -0.473. The lowest BCUT2D eigenvalue weighted by Crippen LogP contribution is -2.32. The van der Waals surface area contributed by atoms with E-state index in [2.05, 4.69) is 15.1 Å². The molecular formula is C11H15N3O4. The molecule has 18 heavy (non-hydrogen) atoms. The van der Waals surface area contributed by atoms with Gasteiger partial charge in [0.25, 0.3) is 0 Å². The molecule has 1 aliphatic heterocycles. The maximum Gasteiger partial charge on any atom is 0.356 e. The first-order valence-electron chi connectivity index (χ1n) is 5.60. The Labute approximate surface area is 105 Å². The summed E-state index contributed by atoms with van der Waals surface area (Å²) in [5.41, 5.74) is 3.20. The molecule has 2 rings (SSSR count). The number of methoxy groups -OCH3 is 1. The van der Waals surface area contributed by atoms with E-state index in [1.165, 1.54) is 12.3 Å². The highest BCUT2D eigenvalue weighted by atomic mass is 16.7. The topological polar surface area (TPSA) is 72.9 Å². The van der Waals surface area contributed by atoms with Gasteiger partial charge in [0.15, 0.2) is 5.69 Å². The Kier molecular flexibility index (Phi) is 4.46. The lowest BCUT2D eigenvalue weighted by molar-refractivity contribution is -0.128. The fraction of sp³-hybridized carbons (Fsp3) is 0.455. The second kappa shape index (κ2) is 6.29. The van der Waals surface area contributed by atoms with E-state index in [-0.39, 0.29) is 5.69 Å². The number of nitrogens with zero attached hydrogens (tertiary/aromatic N) is 2. The second-order valence-electron chi connectivity index (χ2n) is 3.56. The van der Waals surface area contributed by atoms with Crippen molar-refractivity contribution in [2.75, 3.05) is 38.9 Å². The van der Waals surface area contributed by atoms with Crippen LogP contribution in [-0.2, 0) is 14.3 Å². The van der Waals surface area contributed by atoms with Gasteiger partial charge in [-0.25, -0.2) is 9.78 Å². The standard InChI is InChI=1S/C11H15N3O4/c1-16-11(15)9-3-2-4-10(12-9)13-14-5-6-17-7-8-18-14/h2-4H,5-8H2,1H3,(H,12,13). The van der Waals surface area contributed by atoms with Gasteiger partial charge in [0.1, 0.15) is 5.82 Å². The van der Waals surface area contributed by atoms with E-state index in [1.807, 2.05) is 0 Å². The SMILES string of the molecule is COC(=O)c1cccc(NN2CCOCCO2)n1. The summed E-state index contributed by atoms with van der Waals surface area (Å²) in [5.74, 6) is 0.0403. The molecule has 1 aromatic heterocycles. The van der Waals surface area contributed by atoms with Crippen LogP contribution in [0.5, 0.6) is 0 Å². The number of carbonyl (C=O) groups is 1. The molecule has 0 aliphatic carbocycles. The Balaban J connectivity index is 2.01. The molecule has 0 unspecified atom stereocenters. The van der Waals surface area contributed by atoms with Gasteiger partial charge < -0.3 is 9.47 Å². The summed E-state index contributed by atoms with van der Waals surface area (Å²) in [7, 11) is 1.32. The van der Waals surface area contributed by atoms with Crippen LogP contribution in [0.15, 0.2) is 18.2 Å². The van der Waals surface area contributed by atoms with Crippen molar-refractivity contribution in [3.05, 3.63) is 23.9 Å². The summed E-state index contributed by atoms with van der Waals surface area (Å²) in [6.07, 6.45) is 0. The first kappa shape index (κ1) is 12.7. The van der Waals surface area contributed by atoms with Crippen LogP contribution in [0.4, 0.5) is 5.82 Å². The van der Waals surface area contributed by atoms with E-state index in [1.54, 1.807) is 18.2 Å². The number of ether oxygens (including phenoxy) is 2. The zero-order chi connectivity index (χ0) is 12.8. The number of hydrazine groups is 1. The average molecular weight is 253 g/mol. The van der Waals surface area contributed by atoms with Crippen LogP contribution in [0.2, 0.25) is 0 Å². The van der Waals surface area contributed by atoms with Crippen LogP contribution in [0, 0.1) is 0 Å². The fourth-order valence-corrected chi connectivity index (χ4v) is 1.45. The van der Waals surface area contributed by atoms with E-state index < -0.39 is 5.97 Å². The molecule has 2 heterocycles. The highest BCUT2D eigenvalue weighted by Gasteiger charge is 2.12. The van der Waals surface area contributed by atoms with Crippen molar-refractivity contribution >= 4 is 11.8 Å². The van der Waals surface area contributed by atoms with Gasteiger partial charge in [0.2, 0.25) is 0 Å². The Morgan fingerprint density at radius 1 is 1.44 bits per heavy atom. The summed E-state index contributed by atoms with van der Waals surface area (Å²) < 4.78 is 9.85. The largest absolute Gasteiger partial charge is 0.464 e. The number of pyridine rings is 1. The van der Waals surface area contributed by atoms with Gasteiger partial charge in [-0.3, -0.25) is 10.3 Å². The highest BCUT2D eigenvalue weighted by Crippen LogP contribution is 2.08. The average Bonchev–Trinajstić information content (AvgIpc) is 2.67. The van der Waals surface area contributed by atoms with E-state index in [0.717, 1.165) is 0 Å². The smallest absolute Gasteiger partial charge is 0.356 e. The number of hydrogen-bond donors (Lipinski definition) is 1. The maximum atomic E-state index is 11.3. The van der Waals surface area contributed by atoms with E-state index in [4.69, 9.17) is 9.57 Å². The number of rotatable bonds is 3. The molecule has 0 amide bonds. The number of hydrogen-bond acceptors (Lipinski definition) is 7. The molecule has 98 valence electrons. The molecule has 1 saturated heterocycles. The predicted molar refractivity (Wildman–Crippen MR) is 62.7 cm³/mol. The summed E-state index contributed by atoms with van der Waals surface area (Å²) >= 11 is 0. The summed E-state index contributed by atoms with van der Waals surface area (Å²) in [6, 6.07) is 5.04. The predicted octanol–water partition coefficient (Wildman–Crippen LogP) is 0.459. The van der Waals surface area contributed by atoms with E-state index in [0.29, 0.717) is 32.2 Å². The molecule has 1 fully saturated rings. The summed E-state index contributed by atoms with van der Waals surface area (Å²) in [5, 5.41) is 1.54. The lowest BCUT2D eigenvalue weighted by Gasteiger charge is -2.19. The van der Waals surface area contributed by atoms with Crippen molar-refractivity contribution in [2.45, 2.75) is 0 Å². The van der Waals surface area contributed by atoms with Gasteiger partial charge >= 0.3 is 5.97 Å². The molecule has 0 radical (unpaired) electrons. The Morgan fingerprint density at radius 2 is 2.33 bits per heavy atom. The van der Waals surface area contributed by atoms with Crippen molar-refractivity contribution < 1.29 is 19.1 Å². The first-order chi connectivity index (χ1) is 8.79. The molecular weight excluding hydrogens is 238 g/mol. The van der Waals surface area contributed by atoms with Gasteiger partial charge in [-0.15, -0.1) is 0 Å². The Bertz CT molecular complexity index is 405. The molecule has 1 aliphatic rings. The van der Waals surface area contributed by atoms with Crippen LogP contribution in [0.1, 0.15) is 10.5 Å². The van der Waals surface area contributed by atoms with Gasteiger partial charge in [-0.2, -0.15) is 0 Å². The normalized spacial score (nSPS) is 16.9. The van der Waals surface area contributed by atoms with Gasteiger partial charge in [-0.05, 0) is 12.1 Å². The number of esters is 1. The van der Waals surface area contributed by atoms with Crippen molar-refractivity contribution in [3.63, 3.8) is 0 Å². The highest BCUT2D eigenvalue weighted by molar-refractivity contribution is 5.87. The molecule has 7 nitrogen and oxygen atoms in total. The molecule has 0 aromatic carbocycles. The Morgan fingerprint density at radius 3 is 3.17 bits per heavy atom. The first-order valence-corrected chi connectivity index (χ1v) is 5.60. The molecule has 0 atom stereocenters. The van der Waals surface area contributed by atoms with Crippen LogP contribution >= 0.6 is 0 Å². The number of anilines is 1. The van der Waals surface area contributed by atoms with Crippen LogP contribution in [-0.4, -0.2) is 49.6 Å². The van der Waals surface area contributed by atoms with E-state index in [9.17, 15) is 4.79 Å². The third kappa shape index (κ3) is 3.39. The second-order valence-corrected chi connectivity index (χ2v) is 3.56. The van der Waals surface area contributed by atoms with Crippen LogP contribution in [0.3, 0.4) is 0 Å². The summed E-state index contributed by atoms with van der Waals surface area (Å²) in [6.45, 7) is 2.19. The lowest BCUT2D eigenvalue weighted by atomic mass is 10.3. The van der Waals surface area contributed by atoms with Gasteiger partial charge in [0.05, 0.1) is 33.5 Å². The molecule has 7 heteroatoms. The minimum Gasteiger partial charge on any atom is -0.464 e. The number of nitrogens with one attached hydrogen (secondary N) is 1. The van der Waals surface area contributed by atoms with E-state index >= 15 is 0 Å². The maximum absolute atomic E-state index is 11.3. The third-order valence-electron chi connectivity index (χ3n) is 2.30. The number of carbonyl (C=O) groups excluding carboxylic acids is 1. The van der Waals surface area contributed by atoms with Gasteiger partial charge in [0, 0.05) is 0 Å². The molecule has 1 aromatic rings. The zero-order valence-corrected chi connectivity index (χ0v) is 10.1. The number of hydroxylamine groups is 1. The molecule has 1 N–H and O–H groups in total. The number of aromatic nitrogens is 1. The summed E-state index contributed by atoms with van der Waals surface area (Å²) in [4.78, 5) is 20.8. The molecule has 0 spiro atoms. The van der Waals surface area contributed by atoms with Crippen molar-refractivity contribution in [1.29, 1.82) is 0 Å².